The second kappa shape index (κ2) is 11.0. The quantitative estimate of drug-likeness (QED) is 0.199. The number of hydrogen-bond donors (Lipinski definition) is 0. The fourth-order valence-corrected chi connectivity index (χ4v) is 7.54. The van der Waals surface area contributed by atoms with Crippen LogP contribution in [0.1, 0.15) is 23.2 Å². The summed E-state index contributed by atoms with van der Waals surface area (Å²) >= 11 is 0. The monoisotopic (exact) mass is 612 g/mol. The molecule has 0 bridgehead atoms. The Bertz CT molecular complexity index is 2650. The van der Waals surface area contributed by atoms with Crippen molar-refractivity contribution in [2.24, 2.45) is 0 Å². The number of nitrogens with zero attached hydrogens (tertiary/aromatic N) is 4. The van der Waals surface area contributed by atoms with E-state index in [4.69, 9.17) is 0 Å². The number of aromatic nitrogens is 2. The number of para-hydroxylation sites is 4. The molecule has 0 atom stereocenters. The molecule has 0 unspecified atom stereocenters. The molecular weight excluding hydrogens is 585 g/mol. The highest BCUT2D eigenvalue weighted by molar-refractivity contribution is 6.09. The van der Waals surface area contributed by atoms with Gasteiger partial charge in [-0.2, -0.15) is 10.5 Å². The Balaban J connectivity index is 1.22. The van der Waals surface area contributed by atoms with Crippen molar-refractivity contribution in [1.29, 1.82) is 10.5 Å². The minimum absolute atomic E-state index is 0.612. The Kier molecular flexibility index (Phi) is 6.35. The van der Waals surface area contributed by atoms with Crippen LogP contribution < -0.4 is 0 Å². The van der Waals surface area contributed by atoms with Crippen LogP contribution >= 0.6 is 0 Å². The molecule has 0 spiro atoms. The zero-order valence-electron chi connectivity index (χ0n) is 26.1. The summed E-state index contributed by atoms with van der Waals surface area (Å²) in [6, 6.07) is 53.5. The molecule has 2 heterocycles. The summed E-state index contributed by atoms with van der Waals surface area (Å²) < 4.78 is 4.58. The third-order valence-electron chi connectivity index (χ3n) is 9.66. The second-order valence-corrected chi connectivity index (χ2v) is 12.3. The number of allylic oxidation sites excluding steroid dienone is 1. The van der Waals surface area contributed by atoms with Crippen LogP contribution in [0, 0.1) is 22.7 Å². The maximum absolute atomic E-state index is 10.2. The van der Waals surface area contributed by atoms with Crippen molar-refractivity contribution in [3.63, 3.8) is 0 Å². The molecule has 0 aliphatic heterocycles. The summed E-state index contributed by atoms with van der Waals surface area (Å²) in [6.07, 6.45) is 3.68. The molecule has 0 amide bonds. The average molecular weight is 613 g/mol. The Labute approximate surface area is 278 Å². The summed E-state index contributed by atoms with van der Waals surface area (Å²) in [7, 11) is 0. The number of aryl methyl sites for hydroxylation is 1. The summed E-state index contributed by atoms with van der Waals surface area (Å²) in [5.41, 5.74) is 13.4. The first kappa shape index (κ1) is 27.7. The van der Waals surface area contributed by atoms with Crippen molar-refractivity contribution in [3.8, 4) is 45.8 Å². The maximum atomic E-state index is 10.2. The lowest BCUT2D eigenvalue weighted by molar-refractivity contribution is 0.940. The van der Waals surface area contributed by atoms with Gasteiger partial charge in [-0.1, -0.05) is 91.0 Å². The van der Waals surface area contributed by atoms with Gasteiger partial charge in [0.2, 0.25) is 0 Å². The number of benzene rings is 6. The third kappa shape index (κ3) is 4.28. The van der Waals surface area contributed by atoms with Crippen LogP contribution in [0.4, 0.5) is 0 Å². The molecule has 2 aromatic heterocycles. The predicted molar refractivity (Wildman–Crippen MR) is 195 cm³/mol. The number of rotatable bonds is 4. The Morgan fingerprint density at radius 3 is 1.88 bits per heavy atom. The number of nitriles is 2. The average Bonchev–Trinajstić information content (AvgIpc) is 3.67. The lowest BCUT2D eigenvalue weighted by Gasteiger charge is -2.17. The van der Waals surface area contributed by atoms with Gasteiger partial charge in [0, 0.05) is 33.0 Å². The molecule has 4 heteroatoms. The molecule has 0 N–H and O–H groups in total. The second-order valence-electron chi connectivity index (χ2n) is 12.3. The smallest absolute Gasteiger partial charge is 0.0992 e. The lowest BCUT2D eigenvalue weighted by atomic mass is 9.95. The van der Waals surface area contributed by atoms with Gasteiger partial charge < -0.3 is 9.13 Å². The Morgan fingerprint density at radius 1 is 0.500 bits per heavy atom. The van der Waals surface area contributed by atoms with Crippen LogP contribution in [0.2, 0.25) is 0 Å². The van der Waals surface area contributed by atoms with Crippen molar-refractivity contribution in [2.45, 2.75) is 12.8 Å². The standard InChI is InChI=1S/C44H28N4/c45-27-29-20-21-39-38-15-4-8-19-43(38)48(44(39)24-29)40-16-5-1-12-35(40)32-11-9-10-31(25-32)33-22-30(28-46)23-34(26-33)47-41-17-6-2-13-36(41)37-14-3-7-18-42(37)47/h1-19,22-26H,20-21H2. The number of hydrogen-bond acceptors (Lipinski definition) is 2. The van der Waals surface area contributed by atoms with Gasteiger partial charge in [0.15, 0.2) is 0 Å². The van der Waals surface area contributed by atoms with Gasteiger partial charge in [-0.15, -0.1) is 0 Å². The Morgan fingerprint density at radius 2 is 1.15 bits per heavy atom. The topological polar surface area (TPSA) is 57.4 Å². The third-order valence-corrected chi connectivity index (χ3v) is 9.66. The molecule has 0 fully saturated rings. The van der Waals surface area contributed by atoms with Gasteiger partial charge >= 0.3 is 0 Å². The normalized spacial score (nSPS) is 12.5. The van der Waals surface area contributed by atoms with Crippen LogP contribution in [0.15, 0.2) is 145 Å². The molecular formula is C44H28N4. The van der Waals surface area contributed by atoms with Gasteiger partial charge in [-0.3, -0.25) is 0 Å². The minimum Gasteiger partial charge on any atom is -0.309 e. The van der Waals surface area contributed by atoms with Crippen LogP contribution in [-0.4, -0.2) is 9.13 Å². The first-order valence-electron chi connectivity index (χ1n) is 16.2. The molecule has 4 nitrogen and oxygen atoms in total. The highest BCUT2D eigenvalue weighted by Crippen LogP contribution is 2.40. The van der Waals surface area contributed by atoms with Gasteiger partial charge in [0.1, 0.15) is 0 Å². The molecule has 9 rings (SSSR count). The Hall–Kier alpha value is -6.62. The van der Waals surface area contributed by atoms with Crippen molar-refractivity contribution in [3.05, 3.63) is 162 Å². The summed E-state index contributed by atoms with van der Waals surface area (Å²) in [4.78, 5) is 0. The lowest BCUT2D eigenvalue weighted by Crippen LogP contribution is -2.04. The van der Waals surface area contributed by atoms with Gasteiger partial charge in [0.05, 0.1) is 45.6 Å². The van der Waals surface area contributed by atoms with E-state index in [2.05, 4.69) is 155 Å². The molecule has 224 valence electrons. The van der Waals surface area contributed by atoms with Crippen molar-refractivity contribution < 1.29 is 0 Å². The molecule has 0 radical (unpaired) electrons. The highest BCUT2D eigenvalue weighted by Gasteiger charge is 2.22. The van der Waals surface area contributed by atoms with E-state index >= 15 is 0 Å². The van der Waals surface area contributed by atoms with E-state index in [-0.39, 0.29) is 0 Å². The minimum atomic E-state index is 0.612. The number of fused-ring (bicyclic) bond motifs is 6. The van der Waals surface area contributed by atoms with E-state index < -0.39 is 0 Å². The zero-order valence-corrected chi connectivity index (χ0v) is 26.1. The SMILES string of the molecule is N#CC1=Cc2c(c3ccccc3n2-c2ccccc2-c2cccc(-c3cc(C#N)cc(-n4c5ccccc5c5ccccc54)c3)c2)CC1. The molecule has 0 saturated carbocycles. The van der Waals surface area contributed by atoms with E-state index in [1.54, 1.807) is 0 Å². The zero-order chi connectivity index (χ0) is 32.2. The molecule has 8 aromatic rings. The fraction of sp³-hybridized carbons (Fsp3) is 0.0455. The highest BCUT2D eigenvalue weighted by atomic mass is 15.0. The van der Waals surface area contributed by atoms with E-state index in [0.717, 1.165) is 74.3 Å². The van der Waals surface area contributed by atoms with Crippen molar-refractivity contribution >= 4 is 38.8 Å². The molecule has 0 saturated heterocycles. The predicted octanol–water partition coefficient (Wildman–Crippen LogP) is 10.8. The molecule has 6 aromatic carbocycles. The van der Waals surface area contributed by atoms with Crippen LogP contribution in [0.25, 0.3) is 72.4 Å². The largest absolute Gasteiger partial charge is 0.309 e. The maximum Gasteiger partial charge on any atom is 0.0992 e. The van der Waals surface area contributed by atoms with Gasteiger partial charge in [-0.05, 0) is 89.7 Å². The van der Waals surface area contributed by atoms with E-state index in [0.29, 0.717) is 5.56 Å². The van der Waals surface area contributed by atoms with Gasteiger partial charge in [0.25, 0.3) is 0 Å². The van der Waals surface area contributed by atoms with E-state index in [1.165, 1.54) is 21.7 Å². The van der Waals surface area contributed by atoms with Crippen molar-refractivity contribution in [1.82, 2.24) is 9.13 Å². The molecule has 1 aliphatic carbocycles. The molecule has 48 heavy (non-hydrogen) atoms. The van der Waals surface area contributed by atoms with E-state index in [9.17, 15) is 10.5 Å². The van der Waals surface area contributed by atoms with E-state index in [1.807, 2.05) is 12.1 Å². The van der Waals surface area contributed by atoms with Crippen LogP contribution in [0.3, 0.4) is 0 Å². The first-order valence-corrected chi connectivity index (χ1v) is 16.2. The summed E-state index contributed by atoms with van der Waals surface area (Å²) in [6.45, 7) is 0. The summed E-state index contributed by atoms with van der Waals surface area (Å²) in [5.74, 6) is 0. The first-order chi connectivity index (χ1) is 23.7. The molecule has 1 aliphatic rings. The van der Waals surface area contributed by atoms with Crippen molar-refractivity contribution in [2.75, 3.05) is 0 Å². The fourth-order valence-electron chi connectivity index (χ4n) is 7.54. The van der Waals surface area contributed by atoms with Gasteiger partial charge in [-0.25, -0.2) is 0 Å². The van der Waals surface area contributed by atoms with Crippen LogP contribution in [-0.2, 0) is 6.42 Å². The van der Waals surface area contributed by atoms with Crippen LogP contribution in [0.5, 0.6) is 0 Å². The summed E-state index contributed by atoms with van der Waals surface area (Å²) in [5, 5.41) is 23.6.